The van der Waals surface area contributed by atoms with Crippen LogP contribution in [0, 0.1) is 0 Å². The SMILES string of the molecule is CCc1nc2c(s1)Nc1ccccc1N=C2N1CCNC(CCc2cccc(OC)c2)C1. The number of piperazine rings is 1. The second-order valence-electron chi connectivity index (χ2n) is 8.20. The number of aliphatic imine (C=N–C) groups is 1. The Hall–Kier alpha value is -2.90. The van der Waals surface area contributed by atoms with Gasteiger partial charge in [-0.25, -0.2) is 9.98 Å². The standard InChI is InChI=1S/C25H29N5OS/c1-3-22-29-23-24(27-20-9-4-5-10-21(20)28-25(23)32-22)30-14-13-26-18(16-30)12-11-17-7-6-8-19(15-17)31-2/h4-10,15,18,26,28H,3,11-14,16H2,1-2H3. The summed E-state index contributed by atoms with van der Waals surface area (Å²) in [6, 6.07) is 17.0. The van der Waals surface area contributed by atoms with E-state index in [1.165, 1.54) is 5.56 Å². The molecule has 0 amide bonds. The summed E-state index contributed by atoms with van der Waals surface area (Å²) in [5, 5.41) is 9.52. The van der Waals surface area contributed by atoms with Gasteiger partial charge < -0.3 is 20.3 Å². The monoisotopic (exact) mass is 447 g/mol. The van der Waals surface area contributed by atoms with Crippen LogP contribution in [0.3, 0.4) is 0 Å². The molecule has 0 bridgehead atoms. The Bertz CT molecular complexity index is 1130. The summed E-state index contributed by atoms with van der Waals surface area (Å²) >= 11 is 1.73. The van der Waals surface area contributed by atoms with Gasteiger partial charge >= 0.3 is 0 Å². The molecule has 1 unspecified atom stereocenters. The molecular weight excluding hydrogens is 418 g/mol. The Balaban J connectivity index is 1.38. The highest BCUT2D eigenvalue weighted by molar-refractivity contribution is 7.16. The van der Waals surface area contributed by atoms with Gasteiger partial charge in [0.05, 0.1) is 23.5 Å². The van der Waals surface area contributed by atoms with Gasteiger partial charge in [-0.1, -0.05) is 31.2 Å². The molecule has 0 radical (unpaired) electrons. The Kier molecular flexibility index (Phi) is 6.10. The number of hydrogen-bond donors (Lipinski definition) is 2. The van der Waals surface area contributed by atoms with E-state index in [0.717, 1.165) is 77.6 Å². The normalized spacial score (nSPS) is 17.6. The van der Waals surface area contributed by atoms with E-state index in [2.05, 4.69) is 52.8 Å². The second kappa shape index (κ2) is 9.30. The topological polar surface area (TPSA) is 61.8 Å². The average molecular weight is 448 g/mol. The van der Waals surface area contributed by atoms with Crippen LogP contribution in [0.25, 0.3) is 0 Å². The Morgan fingerprint density at radius 3 is 2.97 bits per heavy atom. The highest BCUT2D eigenvalue weighted by Crippen LogP contribution is 2.38. The van der Waals surface area contributed by atoms with E-state index in [0.29, 0.717) is 6.04 Å². The molecule has 3 heterocycles. The maximum Gasteiger partial charge on any atom is 0.158 e. The molecule has 1 saturated heterocycles. The third-order valence-corrected chi connectivity index (χ3v) is 7.15. The molecule has 2 aliphatic rings. The Labute approximate surface area is 193 Å². The zero-order valence-electron chi connectivity index (χ0n) is 18.6. The number of aromatic nitrogens is 1. The third-order valence-electron chi connectivity index (χ3n) is 6.03. The molecule has 2 aliphatic heterocycles. The summed E-state index contributed by atoms with van der Waals surface area (Å²) in [6.45, 7) is 4.94. The number of benzene rings is 2. The highest BCUT2D eigenvalue weighted by Gasteiger charge is 2.28. The molecule has 2 aromatic carbocycles. The summed E-state index contributed by atoms with van der Waals surface area (Å²) in [5.74, 6) is 1.91. The molecular formula is C25H29N5OS. The molecule has 7 heteroatoms. The number of anilines is 2. The number of nitrogens with one attached hydrogen (secondary N) is 2. The first-order valence-electron chi connectivity index (χ1n) is 11.3. The molecule has 0 aliphatic carbocycles. The van der Waals surface area contributed by atoms with Gasteiger partial charge in [0.25, 0.3) is 0 Å². The third kappa shape index (κ3) is 4.36. The van der Waals surface area contributed by atoms with Gasteiger partial charge in [0, 0.05) is 25.7 Å². The number of rotatable bonds is 5. The minimum atomic E-state index is 0.400. The maximum absolute atomic E-state index is 5.38. The molecule has 0 saturated carbocycles. The number of nitrogens with zero attached hydrogens (tertiary/aromatic N) is 3. The van der Waals surface area contributed by atoms with Crippen molar-refractivity contribution in [2.24, 2.45) is 4.99 Å². The van der Waals surface area contributed by atoms with Gasteiger partial charge in [-0.3, -0.25) is 0 Å². The Morgan fingerprint density at radius 1 is 1.19 bits per heavy atom. The van der Waals surface area contributed by atoms with Crippen molar-refractivity contribution in [2.45, 2.75) is 32.2 Å². The van der Waals surface area contributed by atoms with E-state index in [1.807, 2.05) is 18.2 Å². The molecule has 1 atom stereocenters. The lowest BCUT2D eigenvalue weighted by Gasteiger charge is -2.35. The summed E-state index contributed by atoms with van der Waals surface area (Å²) in [7, 11) is 1.72. The molecule has 2 N–H and O–H groups in total. The largest absolute Gasteiger partial charge is 0.497 e. The van der Waals surface area contributed by atoms with Gasteiger partial charge in [-0.15, -0.1) is 11.3 Å². The predicted octanol–water partition coefficient (Wildman–Crippen LogP) is 4.76. The molecule has 1 fully saturated rings. The number of para-hydroxylation sites is 2. The van der Waals surface area contributed by atoms with Gasteiger partial charge in [0.1, 0.15) is 16.4 Å². The first kappa shape index (κ1) is 21.0. The lowest BCUT2D eigenvalue weighted by molar-refractivity contribution is 0.282. The van der Waals surface area contributed by atoms with Gasteiger partial charge in [0.15, 0.2) is 5.84 Å². The smallest absolute Gasteiger partial charge is 0.158 e. The Morgan fingerprint density at radius 2 is 2.09 bits per heavy atom. The summed E-state index contributed by atoms with van der Waals surface area (Å²) < 4.78 is 5.38. The van der Waals surface area contributed by atoms with E-state index >= 15 is 0 Å². The van der Waals surface area contributed by atoms with Gasteiger partial charge in [0.2, 0.25) is 0 Å². The van der Waals surface area contributed by atoms with Crippen LogP contribution in [-0.4, -0.2) is 48.5 Å². The van der Waals surface area contributed by atoms with Gasteiger partial charge in [-0.05, 0) is 49.1 Å². The number of methoxy groups -OCH3 is 1. The first-order valence-corrected chi connectivity index (χ1v) is 12.1. The van der Waals surface area contributed by atoms with Gasteiger partial charge in [-0.2, -0.15) is 0 Å². The molecule has 1 aromatic heterocycles. The van der Waals surface area contributed by atoms with Crippen molar-refractivity contribution < 1.29 is 4.74 Å². The zero-order chi connectivity index (χ0) is 21.9. The van der Waals surface area contributed by atoms with E-state index in [-0.39, 0.29) is 0 Å². The van der Waals surface area contributed by atoms with Crippen LogP contribution in [0.2, 0.25) is 0 Å². The fourth-order valence-corrected chi connectivity index (χ4v) is 5.23. The molecule has 3 aromatic rings. The number of fused-ring (bicyclic) bond motifs is 2. The first-order chi connectivity index (χ1) is 15.7. The van der Waals surface area contributed by atoms with Crippen LogP contribution in [0.5, 0.6) is 5.75 Å². The predicted molar refractivity (Wildman–Crippen MR) is 132 cm³/mol. The quantitative estimate of drug-likeness (QED) is 0.591. The molecule has 32 heavy (non-hydrogen) atoms. The fourth-order valence-electron chi connectivity index (χ4n) is 4.32. The summed E-state index contributed by atoms with van der Waals surface area (Å²) in [5.41, 5.74) is 4.30. The van der Waals surface area contributed by atoms with Crippen molar-refractivity contribution in [3.05, 3.63) is 64.8 Å². The van der Waals surface area contributed by atoms with E-state index in [9.17, 15) is 0 Å². The molecule has 166 valence electrons. The number of hydrogen-bond acceptors (Lipinski definition) is 7. The molecule has 5 rings (SSSR count). The molecule has 6 nitrogen and oxygen atoms in total. The van der Waals surface area contributed by atoms with Crippen molar-refractivity contribution in [1.82, 2.24) is 15.2 Å². The maximum atomic E-state index is 5.38. The van der Waals surface area contributed by atoms with Crippen molar-refractivity contribution in [2.75, 3.05) is 32.1 Å². The van der Waals surface area contributed by atoms with Crippen LogP contribution in [-0.2, 0) is 12.8 Å². The molecule has 0 spiro atoms. The average Bonchev–Trinajstić information content (AvgIpc) is 3.18. The lowest BCUT2D eigenvalue weighted by Crippen LogP contribution is -2.53. The lowest BCUT2D eigenvalue weighted by atomic mass is 10.0. The number of aryl methyl sites for hydroxylation is 2. The summed E-state index contributed by atoms with van der Waals surface area (Å²) in [6.07, 6.45) is 3.01. The number of thiazole rings is 1. The number of ether oxygens (including phenoxy) is 1. The van der Waals surface area contributed by atoms with E-state index in [1.54, 1.807) is 18.4 Å². The highest BCUT2D eigenvalue weighted by atomic mass is 32.1. The van der Waals surface area contributed by atoms with E-state index in [4.69, 9.17) is 14.7 Å². The van der Waals surface area contributed by atoms with Crippen molar-refractivity contribution in [3.8, 4) is 5.75 Å². The number of amidine groups is 1. The van der Waals surface area contributed by atoms with Crippen molar-refractivity contribution in [3.63, 3.8) is 0 Å². The second-order valence-corrected chi connectivity index (χ2v) is 9.29. The minimum Gasteiger partial charge on any atom is -0.497 e. The van der Waals surface area contributed by atoms with Crippen LogP contribution in [0.4, 0.5) is 16.4 Å². The van der Waals surface area contributed by atoms with Crippen LogP contribution < -0.4 is 15.4 Å². The fraction of sp³-hybridized carbons (Fsp3) is 0.360. The van der Waals surface area contributed by atoms with Crippen molar-refractivity contribution in [1.29, 1.82) is 0 Å². The van der Waals surface area contributed by atoms with Crippen LogP contribution >= 0.6 is 11.3 Å². The summed E-state index contributed by atoms with van der Waals surface area (Å²) in [4.78, 5) is 12.5. The zero-order valence-corrected chi connectivity index (χ0v) is 19.4. The van der Waals surface area contributed by atoms with Crippen molar-refractivity contribution >= 4 is 33.5 Å². The van der Waals surface area contributed by atoms with Crippen LogP contribution in [0.15, 0.2) is 53.5 Å². The minimum absolute atomic E-state index is 0.400. The van der Waals surface area contributed by atoms with Crippen LogP contribution in [0.1, 0.15) is 29.6 Å². The van der Waals surface area contributed by atoms with E-state index < -0.39 is 0 Å².